The summed E-state index contributed by atoms with van der Waals surface area (Å²) in [5, 5.41) is 19.1. The Labute approximate surface area is 177 Å². The van der Waals surface area contributed by atoms with E-state index in [-0.39, 0.29) is 5.57 Å². The Morgan fingerprint density at radius 2 is 1.62 bits per heavy atom. The molecule has 6 heteroatoms. The Kier molecular flexibility index (Phi) is 8.21. The molecule has 0 aromatic heterocycles. The zero-order chi connectivity index (χ0) is 20.6. The summed E-state index contributed by atoms with van der Waals surface area (Å²) in [7, 11) is 2.05. The summed E-state index contributed by atoms with van der Waals surface area (Å²) in [6.45, 7) is 11.0. The van der Waals surface area contributed by atoms with Crippen LogP contribution in [-0.4, -0.2) is 85.0 Å². The van der Waals surface area contributed by atoms with Crippen LogP contribution in [0.15, 0.2) is 11.4 Å². The molecular weight excluding hydrogens is 360 g/mol. The summed E-state index contributed by atoms with van der Waals surface area (Å²) in [6, 6.07) is 4.96. The van der Waals surface area contributed by atoms with Gasteiger partial charge in [-0.3, -0.25) is 4.90 Å². The molecule has 0 unspecified atom stereocenters. The molecule has 0 spiro atoms. The van der Waals surface area contributed by atoms with Crippen molar-refractivity contribution in [1.82, 2.24) is 19.6 Å². The molecule has 0 bridgehead atoms. The molecule has 3 aliphatic heterocycles. The van der Waals surface area contributed by atoms with Gasteiger partial charge in [0, 0.05) is 45.8 Å². The van der Waals surface area contributed by atoms with Crippen molar-refractivity contribution in [3.63, 3.8) is 0 Å². The first kappa shape index (κ1) is 21.9. The van der Waals surface area contributed by atoms with Crippen molar-refractivity contribution in [3.05, 3.63) is 11.4 Å². The van der Waals surface area contributed by atoms with Crippen LogP contribution >= 0.6 is 0 Å². The van der Waals surface area contributed by atoms with E-state index in [4.69, 9.17) is 0 Å². The van der Waals surface area contributed by atoms with Gasteiger partial charge in [0.05, 0.1) is 0 Å². The second-order valence-corrected chi connectivity index (χ2v) is 9.16. The number of piperidine rings is 2. The maximum absolute atomic E-state index is 9.57. The maximum atomic E-state index is 9.57. The molecule has 1 atom stereocenters. The number of nitrogens with zero attached hydrogens (tertiary/aromatic N) is 6. The van der Waals surface area contributed by atoms with Gasteiger partial charge in [-0.25, -0.2) is 0 Å². The molecule has 6 nitrogen and oxygen atoms in total. The first-order chi connectivity index (χ1) is 14.1. The number of nitriles is 2. The highest BCUT2D eigenvalue weighted by molar-refractivity contribution is 5.39. The zero-order valence-electron chi connectivity index (χ0n) is 18.4. The van der Waals surface area contributed by atoms with E-state index in [1.54, 1.807) is 0 Å². The van der Waals surface area contributed by atoms with Crippen LogP contribution in [0.3, 0.4) is 0 Å². The lowest BCUT2D eigenvalue weighted by Crippen LogP contribution is -2.44. The number of likely N-dealkylation sites (tertiary alicyclic amines) is 3. The minimum atomic E-state index is 0.261. The quantitative estimate of drug-likeness (QED) is 0.615. The summed E-state index contributed by atoms with van der Waals surface area (Å²) in [4.78, 5) is 9.61. The van der Waals surface area contributed by atoms with Crippen LogP contribution in [0.25, 0.3) is 0 Å². The molecule has 0 N–H and O–H groups in total. The van der Waals surface area contributed by atoms with Gasteiger partial charge in [0.15, 0.2) is 5.57 Å². The standard InChI is InChI=1S/C23H38N6/c1-20-7-6-12-28(20)16-15-26(2)23(22(17-24)18-25)29-13-8-21(9-14-29)19-27-10-4-3-5-11-27/h20-21H,3-16,19H2,1-2H3/t20-/m1/s1. The number of likely N-dealkylation sites (N-methyl/N-ethyl adjacent to an activating group) is 1. The fourth-order valence-electron chi connectivity index (χ4n) is 5.26. The number of hydrogen-bond acceptors (Lipinski definition) is 6. The molecule has 29 heavy (non-hydrogen) atoms. The predicted molar refractivity (Wildman–Crippen MR) is 116 cm³/mol. The summed E-state index contributed by atoms with van der Waals surface area (Å²) < 4.78 is 0. The van der Waals surface area contributed by atoms with Crippen LogP contribution in [0.2, 0.25) is 0 Å². The molecule has 3 heterocycles. The highest BCUT2D eigenvalue weighted by atomic mass is 15.3. The molecule has 3 aliphatic rings. The van der Waals surface area contributed by atoms with E-state index < -0.39 is 0 Å². The summed E-state index contributed by atoms with van der Waals surface area (Å²) in [6.07, 6.45) is 8.94. The van der Waals surface area contributed by atoms with Crippen LogP contribution in [0.5, 0.6) is 0 Å². The van der Waals surface area contributed by atoms with Crippen molar-refractivity contribution in [3.8, 4) is 12.1 Å². The molecule has 160 valence electrons. The summed E-state index contributed by atoms with van der Waals surface area (Å²) in [5.74, 6) is 1.59. The van der Waals surface area contributed by atoms with E-state index in [0.29, 0.717) is 6.04 Å². The molecule has 3 rings (SSSR count). The van der Waals surface area contributed by atoms with Gasteiger partial charge >= 0.3 is 0 Å². The Hall–Kier alpha value is -1.76. The second-order valence-electron chi connectivity index (χ2n) is 9.16. The SMILES string of the molecule is C[C@@H]1CCCN1CCN(C)C(=C(C#N)C#N)N1CCC(CN2CCCCC2)CC1. The average molecular weight is 399 g/mol. The van der Waals surface area contributed by atoms with Crippen molar-refractivity contribution in [2.75, 3.05) is 59.4 Å². The van der Waals surface area contributed by atoms with Crippen LogP contribution < -0.4 is 0 Å². The van der Waals surface area contributed by atoms with Gasteiger partial charge in [0.2, 0.25) is 0 Å². The molecule has 0 radical (unpaired) electrons. The second kappa shape index (κ2) is 10.9. The molecule has 3 fully saturated rings. The van der Waals surface area contributed by atoms with E-state index in [2.05, 4.69) is 38.7 Å². The molecule has 0 amide bonds. The van der Waals surface area contributed by atoms with Crippen molar-refractivity contribution < 1.29 is 0 Å². The highest BCUT2D eigenvalue weighted by Gasteiger charge is 2.27. The first-order valence-corrected chi connectivity index (χ1v) is 11.6. The van der Waals surface area contributed by atoms with Gasteiger partial charge in [0.25, 0.3) is 0 Å². The first-order valence-electron chi connectivity index (χ1n) is 11.6. The lowest BCUT2D eigenvalue weighted by molar-refractivity contribution is 0.125. The van der Waals surface area contributed by atoms with Gasteiger partial charge in [-0.1, -0.05) is 6.42 Å². The lowest BCUT2D eigenvalue weighted by atomic mass is 9.95. The van der Waals surface area contributed by atoms with Crippen molar-refractivity contribution in [2.24, 2.45) is 5.92 Å². The van der Waals surface area contributed by atoms with Gasteiger partial charge in [-0.05, 0) is 71.0 Å². The number of rotatable bonds is 7. The average Bonchev–Trinajstić information content (AvgIpc) is 3.16. The minimum Gasteiger partial charge on any atom is -0.358 e. The minimum absolute atomic E-state index is 0.261. The fraction of sp³-hybridized carbons (Fsp3) is 0.826. The van der Waals surface area contributed by atoms with Gasteiger partial charge in [-0.2, -0.15) is 10.5 Å². The smallest absolute Gasteiger partial charge is 0.169 e. The molecule has 0 aliphatic carbocycles. The Balaban J connectivity index is 1.57. The predicted octanol–water partition coefficient (Wildman–Crippen LogP) is 2.86. The fourth-order valence-corrected chi connectivity index (χ4v) is 5.26. The summed E-state index contributed by atoms with van der Waals surface area (Å²) in [5.41, 5.74) is 0.261. The van der Waals surface area contributed by atoms with Crippen molar-refractivity contribution in [2.45, 2.75) is 57.9 Å². The van der Waals surface area contributed by atoms with E-state index >= 15 is 0 Å². The van der Waals surface area contributed by atoms with E-state index in [1.165, 1.54) is 58.3 Å². The molecular formula is C23H38N6. The molecule has 0 aromatic rings. The van der Waals surface area contributed by atoms with Crippen LogP contribution in [0.4, 0.5) is 0 Å². The van der Waals surface area contributed by atoms with Gasteiger partial charge in [0.1, 0.15) is 18.0 Å². The highest BCUT2D eigenvalue weighted by Crippen LogP contribution is 2.25. The number of allylic oxidation sites excluding steroid dienone is 1. The van der Waals surface area contributed by atoms with Gasteiger partial charge < -0.3 is 14.7 Å². The lowest BCUT2D eigenvalue weighted by Gasteiger charge is -2.40. The van der Waals surface area contributed by atoms with E-state index in [0.717, 1.165) is 50.8 Å². The third kappa shape index (κ3) is 5.87. The summed E-state index contributed by atoms with van der Waals surface area (Å²) >= 11 is 0. The third-order valence-corrected chi connectivity index (χ3v) is 7.10. The Morgan fingerprint density at radius 1 is 0.931 bits per heavy atom. The van der Waals surface area contributed by atoms with Crippen molar-refractivity contribution in [1.29, 1.82) is 10.5 Å². The molecule has 3 saturated heterocycles. The van der Waals surface area contributed by atoms with Crippen LogP contribution in [0.1, 0.15) is 51.9 Å². The number of hydrogen-bond donors (Lipinski definition) is 0. The van der Waals surface area contributed by atoms with E-state index in [1.807, 2.05) is 7.05 Å². The Morgan fingerprint density at radius 3 is 2.21 bits per heavy atom. The van der Waals surface area contributed by atoms with E-state index in [9.17, 15) is 10.5 Å². The van der Waals surface area contributed by atoms with Crippen LogP contribution in [0, 0.1) is 28.6 Å². The maximum Gasteiger partial charge on any atom is 0.169 e. The normalized spacial score (nSPS) is 24.1. The van der Waals surface area contributed by atoms with Crippen molar-refractivity contribution >= 4 is 0 Å². The largest absolute Gasteiger partial charge is 0.358 e. The monoisotopic (exact) mass is 398 g/mol. The third-order valence-electron chi connectivity index (χ3n) is 7.10. The zero-order valence-corrected chi connectivity index (χ0v) is 18.4. The topological polar surface area (TPSA) is 60.5 Å². The molecule has 0 saturated carbocycles. The van der Waals surface area contributed by atoms with Gasteiger partial charge in [-0.15, -0.1) is 0 Å². The Bertz CT molecular complexity index is 615. The molecule has 0 aromatic carbocycles. The van der Waals surface area contributed by atoms with Crippen LogP contribution in [-0.2, 0) is 0 Å².